The summed E-state index contributed by atoms with van der Waals surface area (Å²) in [4.78, 5) is 0. The molecule has 132 valence electrons. The van der Waals surface area contributed by atoms with E-state index in [-0.39, 0.29) is 8.07 Å². The van der Waals surface area contributed by atoms with Gasteiger partial charge in [0.15, 0.2) is 0 Å². The van der Waals surface area contributed by atoms with Gasteiger partial charge in [-0.2, -0.15) is 0 Å². The zero-order valence-electron chi connectivity index (χ0n) is 15.9. The fourth-order valence-corrected chi connectivity index (χ4v) is 5.46. The lowest BCUT2D eigenvalue weighted by atomic mass is 9.91. The Labute approximate surface area is 142 Å². The van der Waals surface area contributed by atoms with Crippen molar-refractivity contribution in [1.29, 1.82) is 0 Å². The second-order valence-corrected chi connectivity index (χ2v) is 9.88. The summed E-state index contributed by atoms with van der Waals surface area (Å²) >= 11 is 0. The van der Waals surface area contributed by atoms with Crippen molar-refractivity contribution in [3.05, 3.63) is 0 Å². The largest absolute Gasteiger partial charge is 0.279 e. The third kappa shape index (κ3) is 8.30. The predicted octanol–water partition coefficient (Wildman–Crippen LogP) is 7.05. The molecule has 0 aromatic rings. The minimum absolute atomic E-state index is 0.0756. The number of nitrogens with zero attached hydrogens (tertiary/aromatic N) is 1. The van der Waals surface area contributed by atoms with E-state index in [1.807, 2.05) is 0 Å². The van der Waals surface area contributed by atoms with Crippen LogP contribution in [0.4, 0.5) is 0 Å². The molecule has 1 fully saturated rings. The Kier molecular flexibility index (Phi) is 11.9. The first kappa shape index (κ1) is 20.4. The Balaban J connectivity index is 2.40. The quantitative estimate of drug-likeness (QED) is 0.324. The summed E-state index contributed by atoms with van der Waals surface area (Å²) in [5.74, 6) is 0.897. The fraction of sp³-hybridized carbons (Fsp3) is 1.00. The molecule has 2 atom stereocenters. The van der Waals surface area contributed by atoms with Crippen LogP contribution in [0.1, 0.15) is 97.3 Å². The second-order valence-electron chi connectivity index (χ2n) is 7.67. The summed E-state index contributed by atoms with van der Waals surface area (Å²) in [5.41, 5.74) is 0. The van der Waals surface area contributed by atoms with Gasteiger partial charge < -0.3 is 0 Å². The first-order valence-electron chi connectivity index (χ1n) is 10.1. The molecule has 0 aliphatic carbocycles. The zero-order valence-corrected chi connectivity index (χ0v) is 16.8. The van der Waals surface area contributed by atoms with Crippen LogP contribution in [0.3, 0.4) is 0 Å². The second kappa shape index (κ2) is 12.8. The highest BCUT2D eigenvalue weighted by Crippen LogP contribution is 2.39. The van der Waals surface area contributed by atoms with Crippen LogP contribution >= 0.6 is 8.07 Å². The molecular formula is C20H42NP. The van der Waals surface area contributed by atoms with Crippen molar-refractivity contribution in [3.8, 4) is 0 Å². The highest BCUT2D eigenvalue weighted by atomic mass is 31.1. The summed E-state index contributed by atoms with van der Waals surface area (Å²) in [6.07, 6.45) is 18.8. The average molecular weight is 328 g/mol. The molecule has 0 saturated carbocycles. The van der Waals surface area contributed by atoms with E-state index in [0.29, 0.717) is 0 Å². The number of hydrogen-bond donors (Lipinski definition) is 0. The zero-order chi connectivity index (χ0) is 16.2. The standard InChI is InChI=1S/C20H42NP/c1-5-6-7-8-10-13-16-19(2)20-17-14-11-9-12-15-18-21(20)22(3)4/h19-20H,5-18H2,1-4H3. The van der Waals surface area contributed by atoms with E-state index in [1.165, 1.54) is 90.0 Å². The smallest absolute Gasteiger partial charge is 0.0159 e. The van der Waals surface area contributed by atoms with Crippen LogP contribution < -0.4 is 0 Å². The van der Waals surface area contributed by atoms with E-state index in [0.717, 1.165) is 12.0 Å². The Hall–Kier alpha value is 0.390. The van der Waals surface area contributed by atoms with Gasteiger partial charge in [0.2, 0.25) is 0 Å². The SMILES string of the molecule is CCCCCCCCC(C)C1CCCCCCCN1P(C)C. The third-order valence-electron chi connectivity index (χ3n) is 5.45. The van der Waals surface area contributed by atoms with Gasteiger partial charge in [-0.05, 0) is 46.6 Å². The van der Waals surface area contributed by atoms with Crippen LogP contribution in [0.25, 0.3) is 0 Å². The van der Waals surface area contributed by atoms with E-state index >= 15 is 0 Å². The van der Waals surface area contributed by atoms with E-state index in [2.05, 4.69) is 31.8 Å². The van der Waals surface area contributed by atoms with Crippen molar-refractivity contribution >= 4 is 8.07 Å². The minimum Gasteiger partial charge on any atom is -0.279 e. The van der Waals surface area contributed by atoms with Crippen LogP contribution in [-0.4, -0.2) is 30.6 Å². The third-order valence-corrected chi connectivity index (χ3v) is 6.98. The normalized spacial score (nSPS) is 23.0. The molecule has 1 aliphatic rings. The summed E-state index contributed by atoms with van der Waals surface area (Å²) in [5, 5.41) is 0. The van der Waals surface area contributed by atoms with Gasteiger partial charge in [0.25, 0.3) is 0 Å². The van der Waals surface area contributed by atoms with Crippen LogP contribution in [-0.2, 0) is 0 Å². The first-order chi connectivity index (χ1) is 10.7. The number of hydrogen-bond acceptors (Lipinski definition) is 1. The maximum absolute atomic E-state index is 2.91. The molecule has 0 aromatic heterocycles. The Bertz CT molecular complexity index is 254. The van der Waals surface area contributed by atoms with Crippen molar-refractivity contribution < 1.29 is 0 Å². The van der Waals surface area contributed by atoms with Crippen LogP contribution in [0.5, 0.6) is 0 Å². The van der Waals surface area contributed by atoms with E-state index in [1.54, 1.807) is 0 Å². The van der Waals surface area contributed by atoms with Gasteiger partial charge in [0, 0.05) is 12.6 Å². The van der Waals surface area contributed by atoms with Crippen molar-refractivity contribution in [3.63, 3.8) is 0 Å². The molecule has 2 heteroatoms. The summed E-state index contributed by atoms with van der Waals surface area (Å²) in [6.45, 7) is 11.2. The minimum atomic E-state index is 0.0756. The van der Waals surface area contributed by atoms with Gasteiger partial charge in [-0.3, -0.25) is 4.67 Å². The summed E-state index contributed by atoms with van der Waals surface area (Å²) in [7, 11) is 0.0756. The molecule has 1 saturated heterocycles. The highest BCUT2D eigenvalue weighted by molar-refractivity contribution is 7.53. The van der Waals surface area contributed by atoms with E-state index < -0.39 is 0 Å². The van der Waals surface area contributed by atoms with Gasteiger partial charge in [0.1, 0.15) is 0 Å². The fourth-order valence-electron chi connectivity index (χ4n) is 3.99. The lowest BCUT2D eigenvalue weighted by Crippen LogP contribution is -2.36. The van der Waals surface area contributed by atoms with Crippen molar-refractivity contribution in [1.82, 2.24) is 4.67 Å². The molecule has 1 aliphatic heterocycles. The molecule has 1 rings (SSSR count). The number of rotatable bonds is 9. The van der Waals surface area contributed by atoms with Crippen LogP contribution in [0.2, 0.25) is 0 Å². The maximum Gasteiger partial charge on any atom is 0.0159 e. The molecular weight excluding hydrogens is 285 g/mol. The Morgan fingerprint density at radius 1 is 0.909 bits per heavy atom. The summed E-state index contributed by atoms with van der Waals surface area (Å²) in [6, 6.07) is 0.870. The lowest BCUT2D eigenvalue weighted by molar-refractivity contribution is 0.230. The van der Waals surface area contributed by atoms with E-state index in [4.69, 9.17) is 0 Å². The Morgan fingerprint density at radius 2 is 1.55 bits per heavy atom. The van der Waals surface area contributed by atoms with Gasteiger partial charge in [0.05, 0.1) is 0 Å². The summed E-state index contributed by atoms with van der Waals surface area (Å²) < 4.78 is 2.91. The average Bonchev–Trinajstić information content (AvgIpc) is 2.62. The molecule has 1 nitrogen and oxygen atoms in total. The molecule has 2 unspecified atom stereocenters. The molecule has 0 radical (unpaired) electrons. The molecule has 0 N–H and O–H groups in total. The maximum atomic E-state index is 2.91. The topological polar surface area (TPSA) is 3.24 Å². The van der Waals surface area contributed by atoms with Crippen molar-refractivity contribution in [2.24, 2.45) is 5.92 Å². The molecule has 1 heterocycles. The Morgan fingerprint density at radius 3 is 2.27 bits per heavy atom. The molecule has 0 amide bonds. The van der Waals surface area contributed by atoms with Gasteiger partial charge in [-0.15, -0.1) is 0 Å². The monoisotopic (exact) mass is 327 g/mol. The predicted molar refractivity (Wildman–Crippen MR) is 104 cm³/mol. The van der Waals surface area contributed by atoms with Gasteiger partial charge >= 0.3 is 0 Å². The van der Waals surface area contributed by atoms with Crippen LogP contribution in [0.15, 0.2) is 0 Å². The van der Waals surface area contributed by atoms with Gasteiger partial charge in [-0.1, -0.05) is 78.1 Å². The van der Waals surface area contributed by atoms with E-state index in [9.17, 15) is 0 Å². The lowest BCUT2D eigenvalue weighted by Gasteiger charge is -2.38. The van der Waals surface area contributed by atoms with Crippen LogP contribution in [0, 0.1) is 5.92 Å². The van der Waals surface area contributed by atoms with Crippen molar-refractivity contribution in [2.75, 3.05) is 19.9 Å². The molecule has 0 bridgehead atoms. The first-order valence-corrected chi connectivity index (χ1v) is 12.3. The molecule has 22 heavy (non-hydrogen) atoms. The highest BCUT2D eigenvalue weighted by Gasteiger charge is 2.26. The number of unbranched alkanes of at least 4 members (excludes halogenated alkanes) is 5. The van der Waals surface area contributed by atoms with Crippen molar-refractivity contribution in [2.45, 2.75) is 103 Å². The van der Waals surface area contributed by atoms with Gasteiger partial charge in [-0.25, -0.2) is 0 Å². The molecule has 0 spiro atoms. The molecule has 0 aromatic carbocycles.